The number of halogens is 1. The highest BCUT2D eigenvalue weighted by Gasteiger charge is 2.13. The van der Waals surface area contributed by atoms with Crippen molar-refractivity contribution in [2.45, 2.75) is 13.0 Å². The summed E-state index contributed by atoms with van der Waals surface area (Å²) in [6, 6.07) is 10.8. The van der Waals surface area contributed by atoms with Gasteiger partial charge < -0.3 is 14.8 Å². The molecule has 0 spiro atoms. The van der Waals surface area contributed by atoms with E-state index in [1.807, 2.05) is 0 Å². The summed E-state index contributed by atoms with van der Waals surface area (Å²) in [7, 11) is 3.03. The normalized spacial score (nSPS) is 10.8. The fraction of sp³-hybridized carbons (Fsp3) is 0.182. The summed E-state index contributed by atoms with van der Waals surface area (Å²) in [5.41, 5.74) is 1.08. The Hall–Kier alpha value is -4.21. The second-order valence-corrected chi connectivity index (χ2v) is 6.88. The number of hydrogen-bond donors (Lipinski definition) is 1. The van der Waals surface area contributed by atoms with E-state index in [9.17, 15) is 14.0 Å². The van der Waals surface area contributed by atoms with Crippen molar-refractivity contribution in [3.8, 4) is 17.2 Å². The number of benzene rings is 2. The van der Waals surface area contributed by atoms with Crippen LogP contribution in [-0.2, 0) is 11.3 Å². The lowest BCUT2D eigenvalue weighted by Crippen LogP contribution is -2.23. The first-order valence-electron chi connectivity index (χ1n) is 9.71. The molecule has 164 valence electrons. The van der Waals surface area contributed by atoms with Gasteiger partial charge >= 0.3 is 0 Å². The maximum absolute atomic E-state index is 13.2. The number of nitrogens with zero attached hydrogens (tertiary/aromatic N) is 4. The highest BCUT2D eigenvalue weighted by atomic mass is 19.1. The summed E-state index contributed by atoms with van der Waals surface area (Å²) < 4.78 is 26.4. The topological polar surface area (TPSA) is 100 Å². The third-order valence-electron chi connectivity index (χ3n) is 4.89. The van der Waals surface area contributed by atoms with Gasteiger partial charge in [-0.05, 0) is 36.4 Å². The number of fused-ring (bicyclic) bond motifs is 1. The summed E-state index contributed by atoms with van der Waals surface area (Å²) >= 11 is 0. The van der Waals surface area contributed by atoms with Crippen LogP contribution in [0, 0.1) is 5.82 Å². The van der Waals surface area contributed by atoms with E-state index in [0.29, 0.717) is 33.9 Å². The number of rotatable bonds is 7. The van der Waals surface area contributed by atoms with Gasteiger partial charge in [0.15, 0.2) is 5.65 Å². The minimum absolute atomic E-state index is 0.0412. The van der Waals surface area contributed by atoms with E-state index >= 15 is 0 Å². The molecule has 10 heteroatoms. The Balaban J connectivity index is 1.50. The quantitative estimate of drug-likeness (QED) is 0.477. The second kappa shape index (κ2) is 8.88. The zero-order valence-corrected chi connectivity index (χ0v) is 17.4. The van der Waals surface area contributed by atoms with Gasteiger partial charge in [-0.15, -0.1) is 0 Å². The number of carbonyl (C=O) groups is 1. The maximum Gasteiger partial charge on any atom is 0.264 e. The van der Waals surface area contributed by atoms with Gasteiger partial charge in [-0.2, -0.15) is 5.10 Å². The SMILES string of the molecule is COc1ccc(OC)c(NC(=O)CCn2cnc3c(cnn3-c3ccc(F)cc3)c2=O)c1. The summed E-state index contributed by atoms with van der Waals surface area (Å²) in [5.74, 6) is 0.397. The third-order valence-corrected chi connectivity index (χ3v) is 4.89. The monoisotopic (exact) mass is 437 g/mol. The fourth-order valence-electron chi connectivity index (χ4n) is 3.23. The van der Waals surface area contributed by atoms with Crippen LogP contribution in [0.2, 0.25) is 0 Å². The van der Waals surface area contributed by atoms with Crippen LogP contribution in [-0.4, -0.2) is 39.5 Å². The zero-order chi connectivity index (χ0) is 22.7. The third kappa shape index (κ3) is 4.15. The Labute approximate surface area is 182 Å². The van der Waals surface area contributed by atoms with Crippen LogP contribution < -0.4 is 20.3 Å². The Morgan fingerprint density at radius 3 is 2.62 bits per heavy atom. The van der Waals surface area contributed by atoms with E-state index in [0.717, 1.165) is 0 Å². The van der Waals surface area contributed by atoms with Crippen LogP contribution in [0.15, 0.2) is 59.8 Å². The van der Waals surface area contributed by atoms with E-state index in [-0.39, 0.29) is 30.2 Å². The van der Waals surface area contributed by atoms with E-state index in [1.54, 1.807) is 30.3 Å². The van der Waals surface area contributed by atoms with Crippen LogP contribution in [0.1, 0.15) is 6.42 Å². The standard InChI is InChI=1S/C22H20FN5O4/c1-31-16-7-8-19(32-2)18(11-16)26-20(29)9-10-27-13-24-21-17(22(27)30)12-25-28(21)15-5-3-14(23)4-6-15/h3-8,11-13H,9-10H2,1-2H3,(H,26,29). The van der Waals surface area contributed by atoms with Crippen molar-refractivity contribution in [1.82, 2.24) is 19.3 Å². The number of nitrogens with one attached hydrogen (secondary N) is 1. The molecule has 4 aromatic rings. The van der Waals surface area contributed by atoms with Gasteiger partial charge in [-0.3, -0.25) is 14.2 Å². The van der Waals surface area contributed by atoms with Gasteiger partial charge in [-0.1, -0.05) is 0 Å². The molecule has 1 amide bonds. The van der Waals surface area contributed by atoms with Crippen LogP contribution in [0.5, 0.6) is 11.5 Å². The highest BCUT2D eigenvalue weighted by molar-refractivity contribution is 5.92. The van der Waals surface area contributed by atoms with Gasteiger partial charge in [-0.25, -0.2) is 14.1 Å². The fourth-order valence-corrected chi connectivity index (χ4v) is 3.23. The minimum Gasteiger partial charge on any atom is -0.497 e. The summed E-state index contributed by atoms with van der Waals surface area (Å²) in [6.45, 7) is 0.127. The molecule has 0 unspecified atom stereocenters. The lowest BCUT2D eigenvalue weighted by molar-refractivity contribution is -0.116. The van der Waals surface area contributed by atoms with Crippen molar-refractivity contribution >= 4 is 22.6 Å². The Bertz CT molecular complexity index is 1330. The number of anilines is 1. The van der Waals surface area contributed by atoms with Crippen molar-refractivity contribution in [1.29, 1.82) is 0 Å². The molecular weight excluding hydrogens is 417 g/mol. The number of aromatic nitrogens is 4. The molecule has 0 saturated heterocycles. The number of ether oxygens (including phenoxy) is 2. The molecule has 1 N–H and O–H groups in total. The van der Waals surface area contributed by atoms with Gasteiger partial charge in [0.1, 0.15) is 22.7 Å². The second-order valence-electron chi connectivity index (χ2n) is 6.88. The van der Waals surface area contributed by atoms with E-state index in [2.05, 4.69) is 15.4 Å². The molecule has 0 bridgehead atoms. The van der Waals surface area contributed by atoms with Crippen molar-refractivity contribution in [3.63, 3.8) is 0 Å². The summed E-state index contributed by atoms with van der Waals surface area (Å²) in [4.78, 5) is 29.6. The van der Waals surface area contributed by atoms with Gasteiger partial charge in [0.05, 0.1) is 38.1 Å². The average Bonchev–Trinajstić information content (AvgIpc) is 3.24. The average molecular weight is 437 g/mol. The molecule has 0 aliphatic rings. The van der Waals surface area contributed by atoms with Crippen LogP contribution >= 0.6 is 0 Å². The van der Waals surface area contributed by atoms with Gasteiger partial charge in [0, 0.05) is 19.0 Å². The van der Waals surface area contributed by atoms with Crippen LogP contribution in [0.3, 0.4) is 0 Å². The molecular formula is C22H20FN5O4. The van der Waals surface area contributed by atoms with Crippen molar-refractivity contribution in [3.05, 3.63) is 71.2 Å². The molecule has 0 fully saturated rings. The van der Waals surface area contributed by atoms with Gasteiger partial charge in [0.25, 0.3) is 5.56 Å². The lowest BCUT2D eigenvalue weighted by Gasteiger charge is -2.12. The molecule has 0 aliphatic carbocycles. The number of hydrogen-bond acceptors (Lipinski definition) is 6. The number of methoxy groups -OCH3 is 2. The number of carbonyl (C=O) groups excluding carboxylic acids is 1. The van der Waals surface area contributed by atoms with E-state index in [4.69, 9.17) is 9.47 Å². The molecule has 0 atom stereocenters. The molecule has 9 nitrogen and oxygen atoms in total. The molecule has 0 saturated carbocycles. The van der Waals surface area contributed by atoms with Crippen LogP contribution in [0.4, 0.5) is 10.1 Å². The van der Waals surface area contributed by atoms with Crippen molar-refractivity contribution < 1.29 is 18.7 Å². The Morgan fingerprint density at radius 2 is 1.91 bits per heavy atom. The highest BCUT2D eigenvalue weighted by Crippen LogP contribution is 2.29. The first kappa shape index (κ1) is 21.0. The number of amides is 1. The first-order chi connectivity index (χ1) is 15.5. The molecule has 4 rings (SSSR count). The lowest BCUT2D eigenvalue weighted by atomic mass is 10.2. The summed E-state index contributed by atoms with van der Waals surface area (Å²) in [6.07, 6.45) is 2.82. The maximum atomic E-state index is 13.2. The van der Waals surface area contributed by atoms with Gasteiger partial charge in [0.2, 0.25) is 5.91 Å². The molecule has 2 aromatic carbocycles. The minimum atomic E-state index is -0.370. The predicted octanol–water partition coefficient (Wildman–Crippen LogP) is 2.77. The number of aryl methyl sites for hydroxylation is 1. The predicted molar refractivity (Wildman–Crippen MR) is 116 cm³/mol. The molecule has 2 heterocycles. The zero-order valence-electron chi connectivity index (χ0n) is 17.4. The largest absolute Gasteiger partial charge is 0.497 e. The Morgan fingerprint density at radius 1 is 1.12 bits per heavy atom. The Kier molecular flexibility index (Phi) is 5.84. The first-order valence-corrected chi connectivity index (χ1v) is 9.71. The summed E-state index contributed by atoms with van der Waals surface area (Å²) in [5, 5.41) is 7.26. The van der Waals surface area contributed by atoms with E-state index < -0.39 is 0 Å². The van der Waals surface area contributed by atoms with E-state index in [1.165, 1.54) is 48.1 Å². The van der Waals surface area contributed by atoms with Crippen molar-refractivity contribution in [2.24, 2.45) is 0 Å². The molecule has 0 radical (unpaired) electrons. The van der Waals surface area contributed by atoms with Crippen molar-refractivity contribution in [2.75, 3.05) is 19.5 Å². The van der Waals surface area contributed by atoms with Crippen LogP contribution in [0.25, 0.3) is 16.7 Å². The molecule has 2 aromatic heterocycles. The molecule has 32 heavy (non-hydrogen) atoms. The molecule has 0 aliphatic heterocycles. The smallest absolute Gasteiger partial charge is 0.264 e.